The lowest BCUT2D eigenvalue weighted by Gasteiger charge is -2.40. The summed E-state index contributed by atoms with van der Waals surface area (Å²) in [6.07, 6.45) is 9.35. The number of cyclic esters (lactones) is 1. The van der Waals surface area contributed by atoms with E-state index in [4.69, 9.17) is 18.9 Å². The number of ether oxygens (including phenoxy) is 4. The number of piperidine rings is 1. The predicted molar refractivity (Wildman–Crippen MR) is 186 cm³/mol. The molecular formula is C39H51N3O8. The van der Waals surface area contributed by atoms with Crippen molar-refractivity contribution in [1.82, 2.24) is 15.5 Å². The van der Waals surface area contributed by atoms with Crippen molar-refractivity contribution in [1.29, 1.82) is 0 Å². The molecule has 1 saturated heterocycles. The first-order chi connectivity index (χ1) is 24.3. The molecule has 50 heavy (non-hydrogen) atoms. The quantitative estimate of drug-likeness (QED) is 0.403. The molecule has 2 N–H and O–H groups in total. The molecule has 3 amide bonds. The molecule has 0 radical (unpaired) electrons. The summed E-state index contributed by atoms with van der Waals surface area (Å²) in [5.74, 6) is 0.0812. The van der Waals surface area contributed by atoms with Gasteiger partial charge in [0.2, 0.25) is 11.8 Å². The zero-order valence-corrected chi connectivity index (χ0v) is 29.3. The maximum atomic E-state index is 14.6. The van der Waals surface area contributed by atoms with Crippen molar-refractivity contribution in [2.24, 2.45) is 11.8 Å². The molecule has 2 saturated carbocycles. The summed E-state index contributed by atoms with van der Waals surface area (Å²) in [5, 5.41) is 6.19. The standard InChI is InChI=1S/C39H51N3O8/c1-47-33-20-18-25(22-34(33)48-2)17-19-32-27-12-8-13-28(23-27)49-24-35(43)40-30-15-9-14-29(30)37(44)41-36(26-10-4-3-5-11-26)38(45)42-21-7-6-16-31(42)39(46)50-32/h8,12-13,18,20,22-23,26,29-32,36H,3-7,9-11,14-17,19,21,24H2,1-2H3,(H,40,43)(H,41,44)/t29-,30-,31+,32-,36-/m1/s1. The van der Waals surface area contributed by atoms with Crippen LogP contribution in [0.4, 0.5) is 0 Å². The number of nitrogens with zero attached hydrogens (tertiary/aromatic N) is 1. The van der Waals surface area contributed by atoms with Crippen LogP contribution in [0.2, 0.25) is 0 Å². The smallest absolute Gasteiger partial charge is 0.329 e. The predicted octanol–water partition coefficient (Wildman–Crippen LogP) is 5.04. The second-order valence-electron chi connectivity index (χ2n) is 14.2. The molecule has 2 aromatic rings. The van der Waals surface area contributed by atoms with Gasteiger partial charge in [0.1, 0.15) is 23.9 Å². The van der Waals surface area contributed by atoms with Gasteiger partial charge in [0.25, 0.3) is 5.91 Å². The Morgan fingerprint density at radius 2 is 1.62 bits per heavy atom. The molecule has 11 nitrogen and oxygen atoms in total. The van der Waals surface area contributed by atoms with Crippen molar-refractivity contribution < 1.29 is 38.1 Å². The van der Waals surface area contributed by atoms with Crippen molar-refractivity contribution in [3.63, 3.8) is 0 Å². The first-order valence-electron chi connectivity index (χ1n) is 18.4. The molecule has 2 bridgehead atoms. The first-order valence-corrected chi connectivity index (χ1v) is 18.4. The zero-order valence-electron chi connectivity index (χ0n) is 29.3. The van der Waals surface area contributed by atoms with Crippen LogP contribution in [0.5, 0.6) is 17.2 Å². The van der Waals surface area contributed by atoms with Gasteiger partial charge >= 0.3 is 5.97 Å². The number of carbonyl (C=O) groups excluding carboxylic acids is 4. The Kier molecular flexibility index (Phi) is 11.8. The number of rotatable bonds is 6. The van der Waals surface area contributed by atoms with Crippen molar-refractivity contribution in [3.05, 3.63) is 53.6 Å². The van der Waals surface area contributed by atoms with Gasteiger partial charge in [-0.3, -0.25) is 14.4 Å². The number of nitrogens with one attached hydrogen (secondary N) is 2. The Balaban J connectivity index is 1.32. The number of amides is 3. The summed E-state index contributed by atoms with van der Waals surface area (Å²) < 4.78 is 23.2. The molecule has 5 atom stereocenters. The number of fused-ring (bicyclic) bond motifs is 4. The van der Waals surface area contributed by atoms with Crippen molar-refractivity contribution in [2.45, 2.75) is 108 Å². The van der Waals surface area contributed by atoms with Crippen LogP contribution < -0.4 is 24.8 Å². The third-order valence-corrected chi connectivity index (χ3v) is 10.9. The molecule has 4 aliphatic rings. The maximum absolute atomic E-state index is 14.6. The summed E-state index contributed by atoms with van der Waals surface area (Å²) in [6.45, 7) is 0.212. The van der Waals surface area contributed by atoms with E-state index < -0.39 is 30.1 Å². The highest BCUT2D eigenvalue weighted by Crippen LogP contribution is 2.34. The monoisotopic (exact) mass is 689 g/mol. The zero-order chi connectivity index (χ0) is 35.0. The van der Waals surface area contributed by atoms with E-state index >= 15 is 0 Å². The van der Waals surface area contributed by atoms with Crippen LogP contribution >= 0.6 is 0 Å². The molecule has 270 valence electrons. The Morgan fingerprint density at radius 3 is 2.42 bits per heavy atom. The summed E-state index contributed by atoms with van der Waals surface area (Å²) in [7, 11) is 3.18. The summed E-state index contributed by atoms with van der Waals surface area (Å²) >= 11 is 0. The van der Waals surface area contributed by atoms with Gasteiger partial charge in [0.15, 0.2) is 18.1 Å². The fraction of sp³-hybridized carbons (Fsp3) is 0.590. The average molecular weight is 690 g/mol. The Bertz CT molecular complexity index is 1520. The molecule has 2 aliphatic heterocycles. The van der Waals surface area contributed by atoms with Gasteiger partial charge in [-0.05, 0) is 99.1 Å². The molecule has 2 aromatic carbocycles. The van der Waals surface area contributed by atoms with Crippen LogP contribution in [0.25, 0.3) is 0 Å². The number of aryl methyl sites for hydroxylation is 1. The Labute approximate surface area is 294 Å². The summed E-state index contributed by atoms with van der Waals surface area (Å²) in [6, 6.07) is 11.2. The molecular weight excluding hydrogens is 638 g/mol. The summed E-state index contributed by atoms with van der Waals surface area (Å²) in [4.78, 5) is 57.4. The van der Waals surface area contributed by atoms with E-state index in [0.717, 1.165) is 62.5 Å². The second kappa shape index (κ2) is 16.6. The number of benzene rings is 2. The SMILES string of the molecule is COc1ccc(CC[C@H]2OC(=O)[C@@H]3CCCCN3C(=O)[C@@H](C3CCCCC3)NC(=O)[C@@H]3CCC[C@H]3NC(=O)COc3cccc2c3)cc1OC. The summed E-state index contributed by atoms with van der Waals surface area (Å²) in [5.41, 5.74) is 1.71. The molecule has 3 fully saturated rings. The van der Waals surface area contributed by atoms with Crippen molar-refractivity contribution >= 4 is 23.7 Å². The van der Waals surface area contributed by atoms with E-state index in [1.165, 1.54) is 0 Å². The van der Waals surface area contributed by atoms with Crippen LogP contribution in [0, 0.1) is 11.8 Å². The van der Waals surface area contributed by atoms with Crippen LogP contribution in [-0.2, 0) is 30.3 Å². The highest BCUT2D eigenvalue weighted by molar-refractivity contribution is 5.92. The van der Waals surface area contributed by atoms with Gasteiger partial charge in [-0.15, -0.1) is 0 Å². The third-order valence-electron chi connectivity index (χ3n) is 10.9. The number of methoxy groups -OCH3 is 2. The minimum Gasteiger partial charge on any atom is -0.493 e. The van der Waals surface area contributed by atoms with Crippen LogP contribution in [-0.4, -0.2) is 74.1 Å². The average Bonchev–Trinajstić information content (AvgIpc) is 3.62. The fourth-order valence-electron chi connectivity index (χ4n) is 8.22. The lowest BCUT2D eigenvalue weighted by Crippen LogP contribution is -2.59. The molecule has 2 aliphatic carbocycles. The number of hydrogen-bond donors (Lipinski definition) is 2. The van der Waals surface area contributed by atoms with Gasteiger partial charge < -0.3 is 34.5 Å². The van der Waals surface area contributed by atoms with Crippen LogP contribution in [0.1, 0.15) is 94.3 Å². The van der Waals surface area contributed by atoms with Gasteiger partial charge in [-0.2, -0.15) is 0 Å². The molecule has 11 heteroatoms. The van der Waals surface area contributed by atoms with Crippen LogP contribution in [0.3, 0.4) is 0 Å². The minimum atomic E-state index is -0.750. The normalized spacial score (nSPS) is 27.0. The topological polar surface area (TPSA) is 132 Å². The van der Waals surface area contributed by atoms with E-state index in [2.05, 4.69) is 10.6 Å². The second-order valence-corrected chi connectivity index (χ2v) is 14.2. The number of esters is 1. The molecule has 0 unspecified atom stereocenters. The van der Waals surface area contributed by atoms with Crippen molar-refractivity contribution in [3.8, 4) is 17.2 Å². The van der Waals surface area contributed by atoms with E-state index in [9.17, 15) is 19.2 Å². The number of hydrogen-bond acceptors (Lipinski definition) is 8. The van der Waals surface area contributed by atoms with E-state index in [-0.39, 0.29) is 36.3 Å². The Morgan fingerprint density at radius 1 is 0.820 bits per heavy atom. The minimum absolute atomic E-state index is 0.00999. The molecule has 2 heterocycles. The largest absolute Gasteiger partial charge is 0.493 e. The first kappa shape index (κ1) is 35.5. The lowest BCUT2D eigenvalue weighted by atomic mass is 9.82. The van der Waals surface area contributed by atoms with Crippen LogP contribution in [0.15, 0.2) is 42.5 Å². The fourth-order valence-corrected chi connectivity index (χ4v) is 8.22. The third kappa shape index (κ3) is 8.36. The van der Waals surface area contributed by atoms with Gasteiger partial charge in [0, 0.05) is 12.6 Å². The van der Waals surface area contributed by atoms with E-state index in [1.54, 1.807) is 31.3 Å². The van der Waals surface area contributed by atoms with E-state index in [0.29, 0.717) is 55.9 Å². The highest BCUT2D eigenvalue weighted by atomic mass is 16.5. The highest BCUT2D eigenvalue weighted by Gasteiger charge is 2.43. The van der Waals surface area contributed by atoms with Gasteiger partial charge in [-0.25, -0.2) is 4.79 Å². The molecule has 0 aromatic heterocycles. The molecule has 6 rings (SSSR count). The van der Waals surface area contributed by atoms with Crippen molar-refractivity contribution in [2.75, 3.05) is 27.4 Å². The number of carbonyl (C=O) groups is 4. The van der Waals surface area contributed by atoms with Gasteiger partial charge in [0.05, 0.1) is 20.1 Å². The van der Waals surface area contributed by atoms with E-state index in [1.807, 2.05) is 30.3 Å². The molecule has 0 spiro atoms. The Hall–Kier alpha value is -4.28. The van der Waals surface area contributed by atoms with Gasteiger partial charge in [-0.1, -0.05) is 43.9 Å². The lowest BCUT2D eigenvalue weighted by molar-refractivity contribution is -0.163. The maximum Gasteiger partial charge on any atom is 0.329 e.